The fourth-order valence-corrected chi connectivity index (χ4v) is 2.24. The molecule has 0 saturated carbocycles. The molecule has 1 heterocycles. The predicted molar refractivity (Wildman–Crippen MR) is 100 cm³/mol. The van der Waals surface area contributed by atoms with Crippen LogP contribution in [0.15, 0.2) is 83.2 Å². The van der Waals surface area contributed by atoms with E-state index in [1.54, 1.807) is 42.6 Å². The highest BCUT2D eigenvalue weighted by atomic mass is 16.5. The van der Waals surface area contributed by atoms with Crippen LogP contribution in [-0.2, 0) is 0 Å². The van der Waals surface area contributed by atoms with E-state index in [9.17, 15) is 4.79 Å². The Morgan fingerprint density at radius 1 is 0.962 bits per heavy atom. The lowest BCUT2D eigenvalue weighted by Crippen LogP contribution is -2.14. The highest BCUT2D eigenvalue weighted by Crippen LogP contribution is 2.21. The van der Waals surface area contributed by atoms with Crippen LogP contribution in [0.4, 0.5) is 17.1 Å². The molecule has 0 aliphatic rings. The highest BCUT2D eigenvalue weighted by molar-refractivity contribution is 6.05. The Balaban J connectivity index is 1.68. The van der Waals surface area contributed by atoms with Gasteiger partial charge in [-0.15, -0.1) is 0 Å². The van der Waals surface area contributed by atoms with Crippen molar-refractivity contribution in [1.82, 2.24) is 4.98 Å². The number of pyridine rings is 1. The van der Waals surface area contributed by atoms with E-state index in [4.69, 9.17) is 4.74 Å². The summed E-state index contributed by atoms with van der Waals surface area (Å²) < 4.78 is 5.39. The van der Waals surface area contributed by atoms with Gasteiger partial charge >= 0.3 is 0 Å². The van der Waals surface area contributed by atoms with Crippen LogP contribution in [-0.4, -0.2) is 17.5 Å². The molecule has 0 bridgehead atoms. The van der Waals surface area contributed by atoms with E-state index < -0.39 is 0 Å². The van der Waals surface area contributed by atoms with Crippen molar-refractivity contribution >= 4 is 23.0 Å². The van der Waals surface area contributed by atoms with Crippen LogP contribution in [0.25, 0.3) is 0 Å². The summed E-state index contributed by atoms with van der Waals surface area (Å²) in [5, 5.41) is 11.2. The zero-order valence-corrected chi connectivity index (χ0v) is 14.3. The number of hydrogen-bond donors (Lipinski definition) is 1. The molecular formula is C20H18N4O2. The van der Waals surface area contributed by atoms with Crippen LogP contribution in [0.2, 0.25) is 0 Å². The normalized spacial score (nSPS) is 10.7. The largest absolute Gasteiger partial charge is 0.477 e. The van der Waals surface area contributed by atoms with Gasteiger partial charge < -0.3 is 10.1 Å². The summed E-state index contributed by atoms with van der Waals surface area (Å²) in [6.07, 6.45) is 1.59. The van der Waals surface area contributed by atoms with Crippen LogP contribution in [0.5, 0.6) is 5.88 Å². The molecule has 0 radical (unpaired) electrons. The molecule has 6 nitrogen and oxygen atoms in total. The summed E-state index contributed by atoms with van der Waals surface area (Å²) in [6, 6.07) is 20.0. The van der Waals surface area contributed by atoms with Crippen molar-refractivity contribution in [3.63, 3.8) is 0 Å². The van der Waals surface area contributed by atoms with Crippen molar-refractivity contribution < 1.29 is 9.53 Å². The third-order valence-electron chi connectivity index (χ3n) is 3.46. The maximum Gasteiger partial charge on any atom is 0.261 e. The van der Waals surface area contributed by atoms with Crippen molar-refractivity contribution in [3.05, 3.63) is 78.5 Å². The lowest BCUT2D eigenvalue weighted by Gasteiger charge is -2.09. The molecule has 0 spiro atoms. The van der Waals surface area contributed by atoms with E-state index >= 15 is 0 Å². The van der Waals surface area contributed by atoms with Gasteiger partial charge in [-0.2, -0.15) is 10.2 Å². The van der Waals surface area contributed by atoms with Crippen LogP contribution in [0, 0.1) is 0 Å². The Labute approximate surface area is 151 Å². The summed E-state index contributed by atoms with van der Waals surface area (Å²) in [7, 11) is 0. The van der Waals surface area contributed by atoms with Gasteiger partial charge in [-0.25, -0.2) is 4.98 Å². The van der Waals surface area contributed by atoms with Crippen LogP contribution in [0.1, 0.15) is 17.3 Å². The third-order valence-corrected chi connectivity index (χ3v) is 3.46. The fraction of sp³-hybridized carbons (Fsp3) is 0.100. The second-order valence-electron chi connectivity index (χ2n) is 5.33. The summed E-state index contributed by atoms with van der Waals surface area (Å²) in [5.41, 5.74) is 2.52. The van der Waals surface area contributed by atoms with Crippen molar-refractivity contribution in [2.75, 3.05) is 11.9 Å². The fourth-order valence-electron chi connectivity index (χ4n) is 2.24. The minimum absolute atomic E-state index is 0.278. The summed E-state index contributed by atoms with van der Waals surface area (Å²) >= 11 is 0. The lowest BCUT2D eigenvalue weighted by atomic mass is 10.2. The maximum absolute atomic E-state index is 12.4. The van der Waals surface area contributed by atoms with Crippen molar-refractivity contribution in [3.8, 4) is 5.88 Å². The second kappa shape index (κ2) is 8.53. The molecule has 3 rings (SSSR count). The Kier molecular flexibility index (Phi) is 5.67. The summed E-state index contributed by atoms with van der Waals surface area (Å²) in [4.78, 5) is 16.5. The van der Waals surface area contributed by atoms with E-state index in [1.165, 1.54) is 0 Å². The van der Waals surface area contributed by atoms with E-state index in [1.807, 2.05) is 37.3 Å². The number of benzene rings is 2. The number of azo groups is 1. The molecular weight excluding hydrogens is 328 g/mol. The maximum atomic E-state index is 12.4. The quantitative estimate of drug-likeness (QED) is 0.627. The van der Waals surface area contributed by atoms with Gasteiger partial charge in [-0.1, -0.05) is 18.2 Å². The first-order valence-corrected chi connectivity index (χ1v) is 8.22. The smallest absolute Gasteiger partial charge is 0.261 e. The van der Waals surface area contributed by atoms with Gasteiger partial charge in [0.05, 0.1) is 18.0 Å². The number of carbonyl (C=O) groups is 1. The van der Waals surface area contributed by atoms with Crippen molar-refractivity contribution in [2.24, 2.45) is 10.2 Å². The predicted octanol–water partition coefficient (Wildman–Crippen LogP) is 5.15. The monoisotopic (exact) mass is 346 g/mol. The van der Waals surface area contributed by atoms with Gasteiger partial charge in [0.2, 0.25) is 5.88 Å². The molecule has 26 heavy (non-hydrogen) atoms. The summed E-state index contributed by atoms with van der Waals surface area (Å²) in [6.45, 7) is 2.29. The molecule has 1 N–H and O–H groups in total. The van der Waals surface area contributed by atoms with Crippen molar-refractivity contribution in [1.29, 1.82) is 0 Å². The van der Waals surface area contributed by atoms with Gasteiger partial charge in [0.25, 0.3) is 5.91 Å². The summed E-state index contributed by atoms with van der Waals surface area (Å²) in [5.74, 6) is 0.0426. The third kappa shape index (κ3) is 4.51. The number of amides is 1. The highest BCUT2D eigenvalue weighted by Gasteiger charge is 2.13. The topological polar surface area (TPSA) is 75.9 Å². The number of carbonyl (C=O) groups excluding carboxylic acids is 1. The van der Waals surface area contributed by atoms with E-state index in [0.717, 1.165) is 5.69 Å². The Hall–Kier alpha value is -3.54. The second-order valence-corrected chi connectivity index (χ2v) is 5.33. The molecule has 0 atom stereocenters. The van der Waals surface area contributed by atoms with Crippen LogP contribution in [0.3, 0.4) is 0 Å². The Bertz CT molecular complexity index is 893. The first-order valence-electron chi connectivity index (χ1n) is 8.22. The van der Waals surface area contributed by atoms with E-state index in [0.29, 0.717) is 29.4 Å². The Morgan fingerprint density at radius 2 is 1.65 bits per heavy atom. The standard InChI is InChI=1S/C20H18N4O2/c1-2-26-20-18(9-6-14-21-20)19(25)22-15-10-12-17(13-11-15)24-23-16-7-4-3-5-8-16/h3-14H,2H2,1H3,(H,22,25). The minimum atomic E-state index is -0.278. The number of aromatic nitrogens is 1. The molecule has 1 amide bonds. The average molecular weight is 346 g/mol. The van der Waals surface area contributed by atoms with Gasteiger partial charge in [-0.05, 0) is 55.5 Å². The SMILES string of the molecule is CCOc1ncccc1C(=O)Nc1ccc(N=Nc2ccccc2)cc1. The zero-order valence-electron chi connectivity index (χ0n) is 14.3. The van der Waals surface area contributed by atoms with Crippen LogP contribution < -0.4 is 10.1 Å². The number of ether oxygens (including phenoxy) is 1. The number of nitrogens with zero attached hydrogens (tertiary/aromatic N) is 3. The molecule has 0 aliphatic carbocycles. The number of hydrogen-bond acceptors (Lipinski definition) is 5. The van der Waals surface area contributed by atoms with Crippen molar-refractivity contribution in [2.45, 2.75) is 6.92 Å². The lowest BCUT2D eigenvalue weighted by molar-refractivity contribution is 0.102. The number of anilines is 1. The van der Waals surface area contributed by atoms with E-state index in [-0.39, 0.29) is 5.91 Å². The molecule has 6 heteroatoms. The van der Waals surface area contributed by atoms with Gasteiger partial charge in [0, 0.05) is 11.9 Å². The number of rotatable bonds is 6. The molecule has 3 aromatic rings. The Morgan fingerprint density at radius 3 is 2.35 bits per heavy atom. The minimum Gasteiger partial charge on any atom is -0.477 e. The molecule has 0 fully saturated rings. The zero-order chi connectivity index (χ0) is 18.2. The first-order chi connectivity index (χ1) is 12.8. The molecule has 0 aliphatic heterocycles. The molecule has 1 aromatic heterocycles. The van der Waals surface area contributed by atoms with E-state index in [2.05, 4.69) is 20.5 Å². The number of nitrogens with one attached hydrogen (secondary N) is 1. The van der Waals surface area contributed by atoms with Crippen LogP contribution >= 0.6 is 0 Å². The molecule has 2 aromatic carbocycles. The van der Waals surface area contributed by atoms with Gasteiger partial charge in [0.1, 0.15) is 5.56 Å². The van der Waals surface area contributed by atoms with Gasteiger partial charge in [0.15, 0.2) is 0 Å². The molecule has 130 valence electrons. The molecule has 0 unspecified atom stereocenters. The first kappa shape index (κ1) is 17.3. The van der Waals surface area contributed by atoms with Gasteiger partial charge in [-0.3, -0.25) is 4.79 Å². The average Bonchev–Trinajstić information content (AvgIpc) is 2.69. The molecule has 0 saturated heterocycles.